The largest absolute Gasteiger partial charge is 0.360 e. The number of aromatic nitrogens is 2. The molecule has 0 saturated carbocycles. The number of hydrogen-bond acceptors (Lipinski definition) is 3. The lowest BCUT2D eigenvalue weighted by molar-refractivity contribution is 0.986. The molecule has 0 spiro atoms. The van der Waals surface area contributed by atoms with Crippen molar-refractivity contribution in [2.24, 2.45) is 4.99 Å². The Morgan fingerprint density at radius 2 is 2.53 bits per heavy atom. The minimum absolute atomic E-state index is 0.464. The van der Waals surface area contributed by atoms with Gasteiger partial charge in [-0.2, -0.15) is 11.8 Å². The average molecular weight is 247 g/mol. The van der Waals surface area contributed by atoms with Gasteiger partial charge in [0, 0.05) is 30.8 Å². The molecule has 0 unspecified atom stereocenters. The van der Waals surface area contributed by atoms with Crippen molar-refractivity contribution in [1.82, 2.24) is 15.3 Å². The smallest absolute Gasteiger partial charge is 0.190 e. The number of aryl methyl sites for hydroxylation is 1. The van der Waals surface area contributed by atoms with Gasteiger partial charge in [0.15, 0.2) is 5.29 Å². The van der Waals surface area contributed by atoms with Gasteiger partial charge < -0.3 is 10.3 Å². The van der Waals surface area contributed by atoms with E-state index < -0.39 is 0 Å². The van der Waals surface area contributed by atoms with Gasteiger partial charge in [-0.1, -0.05) is 0 Å². The molecule has 1 rings (SSSR count). The van der Waals surface area contributed by atoms with Crippen molar-refractivity contribution in [1.29, 1.82) is 0 Å². The monoisotopic (exact) mass is 246 g/mol. The summed E-state index contributed by atoms with van der Waals surface area (Å²) in [6.07, 6.45) is 1.73. The van der Waals surface area contributed by atoms with Gasteiger partial charge in [-0.25, -0.2) is 4.98 Å². The molecule has 0 aliphatic carbocycles. The Kier molecular flexibility index (Phi) is 5.57. The average Bonchev–Trinajstić information content (AvgIpc) is 2.63. The van der Waals surface area contributed by atoms with Gasteiger partial charge in [-0.15, -0.1) is 0 Å². The molecule has 0 fully saturated rings. The van der Waals surface area contributed by atoms with Crippen LogP contribution in [-0.4, -0.2) is 34.6 Å². The molecule has 1 aromatic heterocycles. The SMILES string of the molecule is CN=C(Cl)NCCSCc1nc[nH]c1C. The first-order valence-corrected chi connectivity index (χ1v) is 6.20. The molecule has 6 heteroatoms. The molecular weight excluding hydrogens is 232 g/mol. The van der Waals surface area contributed by atoms with Crippen molar-refractivity contribution < 1.29 is 0 Å². The molecule has 0 aliphatic heterocycles. The number of hydrogen-bond donors (Lipinski definition) is 2. The summed E-state index contributed by atoms with van der Waals surface area (Å²) in [6, 6.07) is 0. The molecule has 2 N–H and O–H groups in total. The Labute approximate surface area is 98.9 Å². The first-order valence-electron chi connectivity index (χ1n) is 4.66. The molecule has 0 atom stereocenters. The van der Waals surface area contributed by atoms with Gasteiger partial charge in [0.05, 0.1) is 12.0 Å². The van der Waals surface area contributed by atoms with Crippen LogP contribution in [0.5, 0.6) is 0 Å². The van der Waals surface area contributed by atoms with Crippen molar-refractivity contribution in [3.8, 4) is 0 Å². The number of nitrogens with one attached hydrogen (secondary N) is 2. The molecule has 4 nitrogen and oxygen atoms in total. The normalized spacial score (nSPS) is 11.8. The number of aliphatic imine (C=N–C) groups is 1. The lowest BCUT2D eigenvalue weighted by Crippen LogP contribution is -2.21. The second kappa shape index (κ2) is 6.74. The number of halogens is 1. The van der Waals surface area contributed by atoms with Gasteiger partial charge in [-0.05, 0) is 18.5 Å². The van der Waals surface area contributed by atoms with Crippen LogP contribution in [0.2, 0.25) is 0 Å². The quantitative estimate of drug-likeness (QED) is 0.360. The zero-order valence-electron chi connectivity index (χ0n) is 8.88. The van der Waals surface area contributed by atoms with E-state index in [0.717, 1.165) is 29.4 Å². The topological polar surface area (TPSA) is 53.1 Å². The minimum Gasteiger partial charge on any atom is -0.360 e. The third kappa shape index (κ3) is 4.57. The van der Waals surface area contributed by atoms with Crippen molar-refractivity contribution in [3.63, 3.8) is 0 Å². The number of aromatic amines is 1. The van der Waals surface area contributed by atoms with Crippen LogP contribution in [-0.2, 0) is 5.75 Å². The molecule has 0 radical (unpaired) electrons. The third-order valence-electron chi connectivity index (χ3n) is 1.89. The van der Waals surface area contributed by atoms with Crippen LogP contribution in [0.15, 0.2) is 11.3 Å². The third-order valence-corrected chi connectivity index (χ3v) is 3.16. The fourth-order valence-electron chi connectivity index (χ4n) is 1.01. The summed E-state index contributed by atoms with van der Waals surface area (Å²) in [4.78, 5) is 11.1. The van der Waals surface area contributed by atoms with Gasteiger partial charge in [0.1, 0.15) is 0 Å². The summed E-state index contributed by atoms with van der Waals surface area (Å²) in [7, 11) is 1.66. The first-order chi connectivity index (χ1) is 7.24. The van der Waals surface area contributed by atoms with Crippen molar-refractivity contribution in [2.45, 2.75) is 12.7 Å². The van der Waals surface area contributed by atoms with Crippen LogP contribution in [0.1, 0.15) is 11.4 Å². The van der Waals surface area contributed by atoms with Gasteiger partial charge >= 0.3 is 0 Å². The summed E-state index contributed by atoms with van der Waals surface area (Å²) in [5, 5.41) is 3.46. The first kappa shape index (κ1) is 12.4. The van der Waals surface area contributed by atoms with Crippen LogP contribution in [0.3, 0.4) is 0 Å². The summed E-state index contributed by atoms with van der Waals surface area (Å²) in [5.41, 5.74) is 2.26. The molecule has 0 saturated heterocycles. The van der Waals surface area contributed by atoms with E-state index >= 15 is 0 Å². The van der Waals surface area contributed by atoms with Crippen LogP contribution >= 0.6 is 23.4 Å². The Balaban J connectivity index is 2.10. The fraction of sp³-hybridized carbons (Fsp3) is 0.556. The second-order valence-electron chi connectivity index (χ2n) is 2.97. The lowest BCUT2D eigenvalue weighted by Gasteiger charge is -2.02. The van der Waals surface area contributed by atoms with Crippen molar-refractivity contribution in [2.75, 3.05) is 19.3 Å². The number of H-pyrrole nitrogens is 1. The maximum Gasteiger partial charge on any atom is 0.190 e. The van der Waals surface area contributed by atoms with Gasteiger partial charge in [0.2, 0.25) is 0 Å². The van der Waals surface area contributed by atoms with Crippen LogP contribution in [0.4, 0.5) is 0 Å². The molecule has 0 bridgehead atoms. The van der Waals surface area contributed by atoms with E-state index in [2.05, 4.69) is 20.3 Å². The standard InChI is InChI=1S/C9H15ClN4S/c1-7-8(14-6-13-7)5-15-4-3-12-9(10)11-2/h6H,3-5H2,1-2H3,(H,11,12)(H,13,14). The molecular formula is C9H15ClN4S. The number of imidazole rings is 1. The van der Waals surface area contributed by atoms with E-state index in [-0.39, 0.29) is 0 Å². The van der Waals surface area contributed by atoms with Crippen molar-refractivity contribution >= 4 is 28.7 Å². The number of thioether (sulfide) groups is 1. The second-order valence-corrected chi connectivity index (χ2v) is 4.43. The summed E-state index contributed by atoms with van der Waals surface area (Å²) >= 11 is 7.50. The highest BCUT2D eigenvalue weighted by Crippen LogP contribution is 2.11. The maximum atomic E-state index is 5.68. The summed E-state index contributed by atoms with van der Waals surface area (Å²) in [6.45, 7) is 2.85. The highest BCUT2D eigenvalue weighted by atomic mass is 35.5. The Bertz CT molecular complexity index is 324. The Hall–Kier alpha value is -0.680. The van der Waals surface area contributed by atoms with E-state index in [9.17, 15) is 0 Å². The highest BCUT2D eigenvalue weighted by molar-refractivity contribution is 7.98. The molecule has 1 heterocycles. The summed E-state index contributed by atoms with van der Waals surface area (Å²) in [5.74, 6) is 1.91. The predicted molar refractivity (Wildman–Crippen MR) is 66.7 cm³/mol. The molecule has 0 aliphatic rings. The molecule has 1 aromatic rings. The van der Waals surface area contributed by atoms with E-state index in [4.69, 9.17) is 11.6 Å². The zero-order chi connectivity index (χ0) is 11.1. The van der Waals surface area contributed by atoms with Crippen LogP contribution in [0.25, 0.3) is 0 Å². The van der Waals surface area contributed by atoms with Gasteiger partial charge in [-0.3, -0.25) is 4.99 Å². The van der Waals surface area contributed by atoms with Crippen LogP contribution in [0, 0.1) is 6.92 Å². The van der Waals surface area contributed by atoms with Gasteiger partial charge in [0.25, 0.3) is 0 Å². The zero-order valence-corrected chi connectivity index (χ0v) is 10.5. The number of nitrogens with zero attached hydrogens (tertiary/aromatic N) is 2. The molecule has 0 amide bonds. The molecule has 84 valence electrons. The highest BCUT2D eigenvalue weighted by Gasteiger charge is 2.00. The van der Waals surface area contributed by atoms with E-state index in [1.54, 1.807) is 13.4 Å². The van der Waals surface area contributed by atoms with Crippen molar-refractivity contribution in [3.05, 3.63) is 17.7 Å². The van der Waals surface area contributed by atoms with E-state index in [1.807, 2.05) is 18.7 Å². The number of amidine groups is 1. The summed E-state index contributed by atoms with van der Waals surface area (Å²) < 4.78 is 0. The minimum atomic E-state index is 0.464. The molecule has 15 heavy (non-hydrogen) atoms. The maximum absolute atomic E-state index is 5.68. The Morgan fingerprint density at radius 3 is 3.13 bits per heavy atom. The fourth-order valence-corrected chi connectivity index (χ4v) is 1.98. The molecule has 0 aromatic carbocycles. The lowest BCUT2D eigenvalue weighted by atomic mass is 10.4. The van der Waals surface area contributed by atoms with E-state index in [1.165, 1.54) is 0 Å². The van der Waals surface area contributed by atoms with Crippen LogP contribution < -0.4 is 5.32 Å². The predicted octanol–water partition coefficient (Wildman–Crippen LogP) is 1.77. The Morgan fingerprint density at radius 1 is 1.73 bits per heavy atom. The number of rotatable bonds is 5. The van der Waals surface area contributed by atoms with E-state index in [0.29, 0.717) is 5.29 Å².